The summed E-state index contributed by atoms with van der Waals surface area (Å²) >= 11 is 0. The molecule has 0 spiro atoms. The lowest BCUT2D eigenvalue weighted by Gasteiger charge is -2.28. The van der Waals surface area contributed by atoms with Crippen molar-refractivity contribution in [3.05, 3.63) is 59.7 Å². The van der Waals surface area contributed by atoms with Crippen molar-refractivity contribution < 1.29 is 28.2 Å². The number of aliphatic carboxylic acids is 1. The van der Waals surface area contributed by atoms with E-state index in [1.54, 1.807) is 0 Å². The minimum absolute atomic E-state index is 0.239. The monoisotopic (exact) mass is 375 g/mol. The van der Waals surface area contributed by atoms with Crippen LogP contribution in [-0.4, -0.2) is 36.2 Å². The van der Waals surface area contributed by atoms with Gasteiger partial charge in [0.25, 0.3) is 5.91 Å². The number of carboxylic acids is 1. The van der Waals surface area contributed by atoms with Crippen LogP contribution in [0.5, 0.6) is 0 Å². The predicted molar refractivity (Wildman–Crippen MR) is 94.2 cm³/mol. The molecule has 1 fully saturated rings. The number of amides is 1. The largest absolute Gasteiger partial charge is 0.480 e. The molecule has 7 heteroatoms. The van der Waals surface area contributed by atoms with Crippen LogP contribution >= 0.6 is 0 Å². The Morgan fingerprint density at radius 3 is 2.41 bits per heavy atom. The molecule has 0 radical (unpaired) electrons. The molecule has 2 atom stereocenters. The van der Waals surface area contributed by atoms with E-state index in [1.807, 2.05) is 0 Å². The molecule has 1 aliphatic rings. The predicted octanol–water partition coefficient (Wildman–Crippen LogP) is 3.24. The molecule has 2 aromatic carbocycles. The highest BCUT2D eigenvalue weighted by Crippen LogP contribution is 2.23. The average Bonchev–Trinajstić information content (AvgIpc) is 2.67. The number of hydrogen-bond acceptors (Lipinski definition) is 3. The number of ether oxygens (including phenoxy) is 1. The lowest BCUT2D eigenvalue weighted by molar-refractivity contribution is -0.142. The van der Waals surface area contributed by atoms with Crippen molar-refractivity contribution in [2.24, 2.45) is 5.92 Å². The van der Waals surface area contributed by atoms with Crippen LogP contribution in [-0.2, 0) is 9.53 Å². The second kappa shape index (κ2) is 8.26. The fraction of sp³-hybridized carbons (Fsp3) is 0.300. The SMILES string of the molecule is O=C(NC(C(=O)O)C1CCCOC1)c1ccc(-c2ccc(F)cc2)cc1F. The number of halogens is 2. The first-order valence-corrected chi connectivity index (χ1v) is 8.62. The highest BCUT2D eigenvalue weighted by molar-refractivity contribution is 5.97. The lowest BCUT2D eigenvalue weighted by atomic mass is 9.93. The standard InChI is InChI=1S/C20H19F2NO4/c21-15-6-3-12(4-7-15)13-5-8-16(17(22)10-13)19(24)23-18(20(25)26)14-2-1-9-27-11-14/h3-8,10,14,18H,1-2,9,11H2,(H,23,24)(H,25,26). The smallest absolute Gasteiger partial charge is 0.326 e. The molecule has 1 heterocycles. The molecule has 0 saturated carbocycles. The number of carbonyl (C=O) groups is 2. The third-order valence-electron chi connectivity index (χ3n) is 4.61. The van der Waals surface area contributed by atoms with Gasteiger partial charge in [-0.1, -0.05) is 18.2 Å². The van der Waals surface area contributed by atoms with Gasteiger partial charge in [0.2, 0.25) is 0 Å². The zero-order chi connectivity index (χ0) is 19.4. The number of rotatable bonds is 5. The minimum Gasteiger partial charge on any atom is -0.480 e. The van der Waals surface area contributed by atoms with Gasteiger partial charge in [-0.15, -0.1) is 0 Å². The van der Waals surface area contributed by atoms with Gasteiger partial charge in [-0.25, -0.2) is 13.6 Å². The van der Waals surface area contributed by atoms with Crippen molar-refractivity contribution in [2.75, 3.05) is 13.2 Å². The van der Waals surface area contributed by atoms with Gasteiger partial charge in [0.15, 0.2) is 0 Å². The van der Waals surface area contributed by atoms with Gasteiger partial charge in [0.1, 0.15) is 17.7 Å². The summed E-state index contributed by atoms with van der Waals surface area (Å²) in [6.07, 6.45) is 1.33. The number of benzene rings is 2. The Morgan fingerprint density at radius 1 is 1.11 bits per heavy atom. The second-order valence-corrected chi connectivity index (χ2v) is 6.47. The fourth-order valence-electron chi connectivity index (χ4n) is 3.15. The Hall–Kier alpha value is -2.80. The normalized spacial score (nSPS) is 17.9. The Morgan fingerprint density at radius 2 is 1.81 bits per heavy atom. The maximum atomic E-state index is 14.5. The Balaban J connectivity index is 1.77. The van der Waals surface area contributed by atoms with E-state index in [-0.39, 0.29) is 18.1 Å². The molecule has 0 aromatic heterocycles. The maximum absolute atomic E-state index is 14.5. The zero-order valence-corrected chi connectivity index (χ0v) is 14.5. The molecular weight excluding hydrogens is 356 g/mol. The van der Waals surface area contributed by atoms with E-state index in [1.165, 1.54) is 42.5 Å². The van der Waals surface area contributed by atoms with E-state index in [0.717, 1.165) is 0 Å². The van der Waals surface area contributed by atoms with E-state index in [4.69, 9.17) is 4.74 Å². The fourth-order valence-corrected chi connectivity index (χ4v) is 3.15. The van der Waals surface area contributed by atoms with Crippen molar-refractivity contribution in [3.8, 4) is 11.1 Å². The van der Waals surface area contributed by atoms with Crippen LogP contribution in [0.3, 0.4) is 0 Å². The minimum atomic E-state index is -1.18. The number of carboxylic acid groups (broad SMARTS) is 1. The molecule has 2 N–H and O–H groups in total. The van der Waals surface area contributed by atoms with Gasteiger partial charge in [0, 0.05) is 12.5 Å². The first-order chi connectivity index (χ1) is 13.0. The van der Waals surface area contributed by atoms with E-state index in [9.17, 15) is 23.5 Å². The van der Waals surface area contributed by atoms with Crippen molar-refractivity contribution in [2.45, 2.75) is 18.9 Å². The maximum Gasteiger partial charge on any atom is 0.326 e. The summed E-state index contributed by atoms with van der Waals surface area (Å²) in [5.41, 5.74) is 0.841. The first kappa shape index (κ1) is 19.0. The van der Waals surface area contributed by atoms with Crippen LogP contribution < -0.4 is 5.32 Å². The van der Waals surface area contributed by atoms with Gasteiger partial charge in [-0.3, -0.25) is 4.79 Å². The van der Waals surface area contributed by atoms with E-state index >= 15 is 0 Å². The Kier molecular flexibility index (Phi) is 5.81. The molecule has 0 bridgehead atoms. The van der Waals surface area contributed by atoms with E-state index in [2.05, 4.69) is 5.32 Å². The van der Waals surface area contributed by atoms with Gasteiger partial charge in [-0.2, -0.15) is 0 Å². The molecule has 142 valence electrons. The molecule has 5 nitrogen and oxygen atoms in total. The van der Waals surface area contributed by atoms with Crippen LogP contribution in [0.2, 0.25) is 0 Å². The van der Waals surface area contributed by atoms with Crippen molar-refractivity contribution >= 4 is 11.9 Å². The average molecular weight is 375 g/mol. The van der Waals surface area contributed by atoms with Crippen molar-refractivity contribution in [1.29, 1.82) is 0 Å². The molecule has 1 aliphatic heterocycles. The quantitative estimate of drug-likeness (QED) is 0.841. The molecular formula is C20H19F2NO4. The molecule has 1 saturated heterocycles. The van der Waals surface area contributed by atoms with Gasteiger partial charge < -0.3 is 15.2 Å². The third-order valence-corrected chi connectivity index (χ3v) is 4.61. The summed E-state index contributed by atoms with van der Waals surface area (Å²) in [5.74, 6) is -3.51. The van der Waals surface area contributed by atoms with Crippen LogP contribution in [0.15, 0.2) is 42.5 Å². The molecule has 3 rings (SSSR count). The van der Waals surface area contributed by atoms with Gasteiger partial charge in [0.05, 0.1) is 12.2 Å². The Bertz CT molecular complexity index is 832. The summed E-state index contributed by atoms with van der Waals surface area (Å²) in [7, 11) is 0. The van der Waals surface area contributed by atoms with Crippen LogP contribution in [0, 0.1) is 17.6 Å². The highest BCUT2D eigenvalue weighted by atomic mass is 19.1. The van der Waals surface area contributed by atoms with Crippen LogP contribution in [0.1, 0.15) is 23.2 Å². The van der Waals surface area contributed by atoms with Crippen LogP contribution in [0.4, 0.5) is 8.78 Å². The van der Waals surface area contributed by atoms with Gasteiger partial charge in [-0.05, 0) is 48.2 Å². The summed E-state index contributed by atoms with van der Waals surface area (Å²) in [5, 5.41) is 11.8. The third kappa shape index (κ3) is 4.49. The molecule has 0 aliphatic carbocycles. The molecule has 2 aromatic rings. The number of hydrogen-bond donors (Lipinski definition) is 2. The Labute approximate surface area is 155 Å². The number of carbonyl (C=O) groups excluding carboxylic acids is 1. The molecule has 2 unspecified atom stereocenters. The zero-order valence-electron chi connectivity index (χ0n) is 14.5. The molecule has 1 amide bonds. The topological polar surface area (TPSA) is 75.6 Å². The second-order valence-electron chi connectivity index (χ2n) is 6.47. The van der Waals surface area contributed by atoms with Crippen molar-refractivity contribution in [1.82, 2.24) is 5.32 Å². The molecule has 27 heavy (non-hydrogen) atoms. The van der Waals surface area contributed by atoms with Gasteiger partial charge >= 0.3 is 5.97 Å². The first-order valence-electron chi connectivity index (χ1n) is 8.62. The van der Waals surface area contributed by atoms with E-state index < -0.39 is 29.6 Å². The van der Waals surface area contributed by atoms with Crippen LogP contribution in [0.25, 0.3) is 11.1 Å². The summed E-state index contributed by atoms with van der Waals surface area (Å²) in [6, 6.07) is 8.39. The lowest BCUT2D eigenvalue weighted by Crippen LogP contribution is -2.48. The highest BCUT2D eigenvalue weighted by Gasteiger charge is 2.32. The van der Waals surface area contributed by atoms with Crippen molar-refractivity contribution in [3.63, 3.8) is 0 Å². The summed E-state index contributed by atoms with van der Waals surface area (Å²) < 4.78 is 32.7. The number of nitrogens with one attached hydrogen (secondary N) is 1. The van der Waals surface area contributed by atoms with E-state index in [0.29, 0.717) is 30.6 Å². The summed E-state index contributed by atoms with van der Waals surface area (Å²) in [4.78, 5) is 23.9. The summed E-state index contributed by atoms with van der Waals surface area (Å²) in [6.45, 7) is 0.805.